The fourth-order valence-electron chi connectivity index (χ4n) is 7.59. The molecule has 1 nitrogen and oxygen atoms in total. The quantitative estimate of drug-likeness (QED) is 0.493. The molecule has 0 heterocycles. The molecule has 29 heavy (non-hydrogen) atoms. The van der Waals surface area contributed by atoms with Crippen molar-refractivity contribution in [2.75, 3.05) is 0 Å². The van der Waals surface area contributed by atoms with Gasteiger partial charge in [0.2, 0.25) is 0 Å². The maximum absolute atomic E-state index is 10.2. The first kappa shape index (κ1) is 21.4. The van der Waals surface area contributed by atoms with E-state index in [9.17, 15) is 5.11 Å². The SMILES string of the molecule is CC(C)[C@H](C)/C=C/[C@@H](C)[C@H]1CCC2C3=CC=C4C[C@@H](O)CC[C@]4(C)C3CC[C@@]21C. The molecule has 8 atom stereocenters. The summed E-state index contributed by atoms with van der Waals surface area (Å²) in [5.41, 5.74) is 4.07. The summed E-state index contributed by atoms with van der Waals surface area (Å²) in [5, 5.41) is 10.2. The molecule has 3 saturated carbocycles. The zero-order valence-corrected chi connectivity index (χ0v) is 19.7. The minimum atomic E-state index is -0.116. The van der Waals surface area contributed by atoms with E-state index < -0.39 is 0 Å². The number of aliphatic hydroxyl groups is 1. The Bertz CT molecular complexity index is 712. The van der Waals surface area contributed by atoms with Crippen molar-refractivity contribution in [3.8, 4) is 0 Å². The van der Waals surface area contributed by atoms with E-state index in [-0.39, 0.29) is 6.10 Å². The summed E-state index contributed by atoms with van der Waals surface area (Å²) in [6.07, 6.45) is 18.4. The fraction of sp³-hybridized carbons (Fsp3) is 0.786. The molecule has 0 bridgehead atoms. The fourth-order valence-corrected chi connectivity index (χ4v) is 7.59. The van der Waals surface area contributed by atoms with Crippen LogP contribution in [0.2, 0.25) is 0 Å². The zero-order chi connectivity index (χ0) is 21.0. The van der Waals surface area contributed by atoms with Gasteiger partial charge in [0.05, 0.1) is 6.10 Å². The van der Waals surface area contributed by atoms with Crippen molar-refractivity contribution in [3.63, 3.8) is 0 Å². The van der Waals surface area contributed by atoms with E-state index in [1.165, 1.54) is 37.7 Å². The molecule has 2 unspecified atom stereocenters. The molecule has 1 N–H and O–H groups in total. The standard InChI is InChI=1S/C28H44O/c1-18(2)19(3)7-8-20(4)24-11-12-25-23-10-9-21-17-22(29)13-15-27(21,5)26(23)14-16-28(24,25)6/h7-10,18-20,22,24-26,29H,11-17H2,1-6H3/b8-7+/t19-,20-,22+,24-,25?,26?,27+,28-/m1/s1. The molecule has 4 aliphatic rings. The Morgan fingerprint density at radius 3 is 2.41 bits per heavy atom. The molecule has 4 aliphatic carbocycles. The van der Waals surface area contributed by atoms with Gasteiger partial charge in [-0.15, -0.1) is 0 Å². The van der Waals surface area contributed by atoms with Crippen LogP contribution in [0.25, 0.3) is 0 Å². The van der Waals surface area contributed by atoms with Gasteiger partial charge in [-0.05, 0) is 91.3 Å². The lowest BCUT2D eigenvalue weighted by Gasteiger charge is -2.55. The van der Waals surface area contributed by atoms with E-state index in [1.54, 1.807) is 5.57 Å². The lowest BCUT2D eigenvalue weighted by molar-refractivity contribution is 0.0382. The Balaban J connectivity index is 1.57. The van der Waals surface area contributed by atoms with Crippen molar-refractivity contribution in [1.29, 1.82) is 0 Å². The normalized spacial score (nSPS) is 44.0. The van der Waals surface area contributed by atoms with Crippen LogP contribution >= 0.6 is 0 Å². The Labute approximate surface area is 179 Å². The van der Waals surface area contributed by atoms with Gasteiger partial charge in [0.25, 0.3) is 0 Å². The van der Waals surface area contributed by atoms with Gasteiger partial charge in [0, 0.05) is 0 Å². The molecule has 0 aliphatic heterocycles. The van der Waals surface area contributed by atoms with E-state index in [4.69, 9.17) is 0 Å². The first-order valence-electron chi connectivity index (χ1n) is 12.4. The smallest absolute Gasteiger partial charge is 0.0578 e. The predicted molar refractivity (Wildman–Crippen MR) is 123 cm³/mol. The Kier molecular flexibility index (Phi) is 5.69. The van der Waals surface area contributed by atoms with Crippen LogP contribution in [0, 0.1) is 46.3 Å². The second-order valence-electron chi connectivity index (χ2n) is 11.9. The zero-order valence-electron chi connectivity index (χ0n) is 19.7. The minimum absolute atomic E-state index is 0.116. The second-order valence-corrected chi connectivity index (χ2v) is 11.9. The summed E-state index contributed by atoms with van der Waals surface area (Å²) < 4.78 is 0. The number of hydrogen-bond donors (Lipinski definition) is 1. The number of aliphatic hydroxyl groups excluding tert-OH is 1. The summed E-state index contributed by atoms with van der Waals surface area (Å²) in [7, 11) is 0. The third-order valence-electron chi connectivity index (χ3n) is 10.0. The highest BCUT2D eigenvalue weighted by Crippen LogP contribution is 2.65. The number of rotatable bonds is 4. The third kappa shape index (κ3) is 3.50. The van der Waals surface area contributed by atoms with Gasteiger partial charge in [0.15, 0.2) is 0 Å². The number of allylic oxidation sites excluding steroid dienone is 5. The minimum Gasteiger partial charge on any atom is -0.393 e. The molecule has 0 aromatic carbocycles. The van der Waals surface area contributed by atoms with E-state index in [1.807, 2.05) is 0 Å². The molecule has 4 rings (SSSR count). The Morgan fingerprint density at radius 2 is 1.69 bits per heavy atom. The van der Waals surface area contributed by atoms with Gasteiger partial charge in [-0.3, -0.25) is 0 Å². The van der Waals surface area contributed by atoms with E-state index in [0.29, 0.717) is 22.7 Å². The number of fused-ring (bicyclic) bond motifs is 5. The van der Waals surface area contributed by atoms with Gasteiger partial charge in [-0.2, -0.15) is 0 Å². The molecule has 162 valence electrons. The molecular formula is C28H44O. The highest BCUT2D eigenvalue weighted by Gasteiger charge is 2.56. The lowest BCUT2D eigenvalue weighted by atomic mass is 9.50. The van der Waals surface area contributed by atoms with Crippen LogP contribution < -0.4 is 0 Å². The summed E-state index contributed by atoms with van der Waals surface area (Å²) in [4.78, 5) is 0. The number of hydrogen-bond acceptors (Lipinski definition) is 1. The average Bonchev–Trinajstić information content (AvgIpc) is 3.03. The molecule has 1 heteroatoms. The van der Waals surface area contributed by atoms with Gasteiger partial charge in [-0.1, -0.05) is 77.0 Å². The highest BCUT2D eigenvalue weighted by molar-refractivity contribution is 5.39. The van der Waals surface area contributed by atoms with E-state index in [2.05, 4.69) is 65.8 Å². The van der Waals surface area contributed by atoms with Gasteiger partial charge in [0.1, 0.15) is 0 Å². The highest BCUT2D eigenvalue weighted by atomic mass is 16.3. The van der Waals surface area contributed by atoms with Crippen LogP contribution in [0.5, 0.6) is 0 Å². The molecule has 3 fully saturated rings. The maximum Gasteiger partial charge on any atom is 0.0578 e. The van der Waals surface area contributed by atoms with Crippen molar-refractivity contribution in [2.45, 2.75) is 92.6 Å². The van der Waals surface area contributed by atoms with Crippen molar-refractivity contribution in [3.05, 3.63) is 35.5 Å². The Hall–Kier alpha value is -0.820. The van der Waals surface area contributed by atoms with Crippen LogP contribution in [-0.4, -0.2) is 11.2 Å². The van der Waals surface area contributed by atoms with Crippen molar-refractivity contribution in [1.82, 2.24) is 0 Å². The molecule has 0 spiro atoms. The van der Waals surface area contributed by atoms with Gasteiger partial charge < -0.3 is 5.11 Å². The molecule has 0 aromatic heterocycles. The monoisotopic (exact) mass is 396 g/mol. The third-order valence-corrected chi connectivity index (χ3v) is 10.0. The summed E-state index contributed by atoms with van der Waals surface area (Å²) in [6.45, 7) is 14.6. The van der Waals surface area contributed by atoms with Crippen LogP contribution in [0.3, 0.4) is 0 Å². The molecule has 0 aromatic rings. The molecule has 0 amide bonds. The second kappa shape index (κ2) is 7.70. The summed E-state index contributed by atoms with van der Waals surface area (Å²) >= 11 is 0. The average molecular weight is 397 g/mol. The maximum atomic E-state index is 10.2. The van der Waals surface area contributed by atoms with Crippen LogP contribution in [-0.2, 0) is 0 Å². The van der Waals surface area contributed by atoms with Gasteiger partial charge >= 0.3 is 0 Å². The van der Waals surface area contributed by atoms with Crippen LogP contribution in [0.4, 0.5) is 0 Å². The largest absolute Gasteiger partial charge is 0.393 e. The first-order valence-corrected chi connectivity index (χ1v) is 12.4. The summed E-state index contributed by atoms with van der Waals surface area (Å²) in [6, 6.07) is 0. The van der Waals surface area contributed by atoms with Crippen molar-refractivity contribution in [2.24, 2.45) is 46.3 Å². The van der Waals surface area contributed by atoms with E-state index >= 15 is 0 Å². The first-order chi connectivity index (χ1) is 13.7. The van der Waals surface area contributed by atoms with Crippen molar-refractivity contribution < 1.29 is 5.11 Å². The molecule has 0 saturated heterocycles. The topological polar surface area (TPSA) is 20.2 Å². The summed E-state index contributed by atoms with van der Waals surface area (Å²) in [5.74, 6) is 4.38. The van der Waals surface area contributed by atoms with Gasteiger partial charge in [-0.25, -0.2) is 0 Å². The Morgan fingerprint density at radius 1 is 0.931 bits per heavy atom. The predicted octanol–water partition coefficient (Wildman–Crippen LogP) is 7.33. The van der Waals surface area contributed by atoms with Crippen LogP contribution in [0.1, 0.15) is 86.5 Å². The van der Waals surface area contributed by atoms with Crippen LogP contribution in [0.15, 0.2) is 35.5 Å². The lowest BCUT2D eigenvalue weighted by Crippen LogP contribution is -2.46. The molecule has 0 radical (unpaired) electrons. The molecular weight excluding hydrogens is 352 g/mol. The van der Waals surface area contributed by atoms with E-state index in [0.717, 1.165) is 36.5 Å². The van der Waals surface area contributed by atoms with Crippen molar-refractivity contribution >= 4 is 0 Å².